The highest BCUT2D eigenvalue weighted by atomic mass is 35.5. The summed E-state index contributed by atoms with van der Waals surface area (Å²) in [4.78, 5) is 0. The first kappa shape index (κ1) is 16.2. The Balaban J connectivity index is 2.60. The second-order valence-corrected chi connectivity index (χ2v) is 6.17. The van der Waals surface area contributed by atoms with Gasteiger partial charge in [-0.3, -0.25) is 0 Å². The van der Waals surface area contributed by atoms with Crippen molar-refractivity contribution in [2.45, 2.75) is 6.54 Å². The molecule has 0 aliphatic carbocycles. The summed E-state index contributed by atoms with van der Waals surface area (Å²) in [6, 6.07) is 7.24. The minimum Gasteiger partial charge on any atom is -0.316 e. The maximum atomic E-state index is 6.31. The van der Waals surface area contributed by atoms with Crippen molar-refractivity contribution in [3.8, 4) is 11.1 Å². The molecular weight excluding hydrogens is 359 g/mol. The minimum absolute atomic E-state index is 0.267. The molecule has 0 atom stereocenters. The zero-order chi connectivity index (χ0) is 14.9. The van der Waals surface area contributed by atoms with Crippen molar-refractivity contribution in [3.05, 3.63) is 54.9 Å². The molecule has 2 rings (SSSR count). The third-order valence-corrected chi connectivity index (χ3v) is 4.67. The maximum Gasteiger partial charge on any atom is 0.0785 e. The molecule has 0 aliphatic heterocycles. The summed E-state index contributed by atoms with van der Waals surface area (Å²) in [6.07, 6.45) is 0. The first-order valence-corrected chi connectivity index (χ1v) is 7.61. The lowest BCUT2D eigenvalue weighted by atomic mass is 10.0. The van der Waals surface area contributed by atoms with Crippen molar-refractivity contribution in [1.82, 2.24) is 5.32 Å². The van der Waals surface area contributed by atoms with Crippen LogP contribution in [0.4, 0.5) is 0 Å². The maximum absolute atomic E-state index is 6.31. The van der Waals surface area contributed by atoms with Crippen LogP contribution in [-0.4, -0.2) is 7.05 Å². The first-order valence-electron chi connectivity index (χ1n) is 5.72. The molecule has 0 radical (unpaired) electrons. The van der Waals surface area contributed by atoms with E-state index in [1.807, 2.05) is 25.2 Å². The van der Waals surface area contributed by atoms with Crippen LogP contribution < -0.4 is 5.32 Å². The van der Waals surface area contributed by atoms with Gasteiger partial charge >= 0.3 is 0 Å². The average Bonchev–Trinajstić information content (AvgIpc) is 2.39. The van der Waals surface area contributed by atoms with Crippen LogP contribution in [0.2, 0.25) is 25.1 Å². The smallest absolute Gasteiger partial charge is 0.0785 e. The van der Waals surface area contributed by atoms with Gasteiger partial charge in [0.1, 0.15) is 0 Å². The Hall–Kier alpha value is -0.150. The predicted octanol–water partition coefficient (Wildman–Crippen LogP) is 6.34. The van der Waals surface area contributed by atoms with Crippen LogP contribution in [0.3, 0.4) is 0 Å². The fourth-order valence-corrected chi connectivity index (χ4v) is 3.30. The molecule has 0 aliphatic rings. The van der Waals surface area contributed by atoms with Crippen LogP contribution in [0.25, 0.3) is 11.1 Å². The lowest BCUT2D eigenvalue weighted by molar-refractivity contribution is 0.818. The van der Waals surface area contributed by atoms with Gasteiger partial charge in [0.25, 0.3) is 0 Å². The molecule has 0 heterocycles. The van der Waals surface area contributed by atoms with Crippen LogP contribution in [0, 0.1) is 0 Å². The zero-order valence-corrected chi connectivity index (χ0v) is 14.2. The Bertz CT molecular complexity index is 654. The van der Waals surface area contributed by atoms with Gasteiger partial charge in [0.2, 0.25) is 0 Å². The zero-order valence-electron chi connectivity index (χ0n) is 10.4. The van der Waals surface area contributed by atoms with Gasteiger partial charge in [0.15, 0.2) is 0 Å². The summed E-state index contributed by atoms with van der Waals surface area (Å²) in [6.45, 7) is 0.725. The lowest BCUT2D eigenvalue weighted by Crippen LogP contribution is -2.04. The summed E-state index contributed by atoms with van der Waals surface area (Å²) in [7, 11) is 1.87. The Labute approximate surface area is 142 Å². The monoisotopic (exact) mass is 367 g/mol. The van der Waals surface area contributed by atoms with E-state index >= 15 is 0 Å². The Morgan fingerprint density at radius 2 is 1.55 bits per heavy atom. The highest BCUT2D eigenvalue weighted by Gasteiger charge is 2.17. The van der Waals surface area contributed by atoms with Crippen LogP contribution in [-0.2, 0) is 6.54 Å². The molecule has 0 amide bonds. The molecule has 106 valence electrons. The van der Waals surface area contributed by atoms with E-state index in [1.54, 1.807) is 6.07 Å². The third kappa shape index (κ3) is 3.19. The number of hydrogen-bond donors (Lipinski definition) is 1. The molecule has 0 unspecified atom stereocenters. The lowest BCUT2D eigenvalue weighted by Gasteiger charge is -2.13. The standard InChI is InChI=1S/C14H10Cl5N/c1-20-6-7-2-3-8(9(15)4-7)12-10(16)5-11(17)13(18)14(12)19/h2-5,20H,6H2,1H3. The third-order valence-electron chi connectivity index (χ3n) is 2.80. The average molecular weight is 370 g/mol. The van der Waals surface area contributed by atoms with Crippen LogP contribution >= 0.6 is 58.0 Å². The van der Waals surface area contributed by atoms with E-state index in [9.17, 15) is 0 Å². The molecule has 0 aromatic heterocycles. The van der Waals surface area contributed by atoms with Gasteiger partial charge in [-0.1, -0.05) is 70.1 Å². The highest BCUT2D eigenvalue weighted by Crippen LogP contribution is 2.45. The van der Waals surface area contributed by atoms with E-state index in [0.29, 0.717) is 25.7 Å². The van der Waals surface area contributed by atoms with Gasteiger partial charge < -0.3 is 5.32 Å². The fourth-order valence-electron chi connectivity index (χ4n) is 1.89. The molecule has 1 nitrogen and oxygen atoms in total. The summed E-state index contributed by atoms with van der Waals surface area (Å²) in [5.74, 6) is 0. The molecule has 0 saturated carbocycles. The second-order valence-electron chi connectivity index (χ2n) is 4.19. The molecule has 0 fully saturated rings. The van der Waals surface area contributed by atoms with Crippen LogP contribution in [0.15, 0.2) is 24.3 Å². The molecule has 2 aromatic carbocycles. The molecule has 2 aromatic rings. The topological polar surface area (TPSA) is 12.0 Å². The minimum atomic E-state index is 0.267. The van der Waals surface area contributed by atoms with Gasteiger partial charge in [-0.2, -0.15) is 0 Å². The molecule has 0 bridgehead atoms. The molecule has 0 saturated heterocycles. The second kappa shape index (κ2) is 6.74. The number of nitrogens with one attached hydrogen (secondary N) is 1. The van der Waals surface area contributed by atoms with Crippen molar-refractivity contribution in [1.29, 1.82) is 0 Å². The summed E-state index contributed by atoms with van der Waals surface area (Å²) in [5, 5.41) is 4.90. The summed E-state index contributed by atoms with van der Waals surface area (Å²) in [5.41, 5.74) is 2.37. The predicted molar refractivity (Wildman–Crippen MR) is 89.7 cm³/mol. The van der Waals surface area contributed by atoms with Gasteiger partial charge in [-0.25, -0.2) is 0 Å². The number of hydrogen-bond acceptors (Lipinski definition) is 1. The largest absolute Gasteiger partial charge is 0.316 e. The van der Waals surface area contributed by atoms with E-state index in [1.165, 1.54) is 0 Å². The van der Waals surface area contributed by atoms with Gasteiger partial charge in [-0.05, 0) is 24.7 Å². The van der Waals surface area contributed by atoms with Crippen molar-refractivity contribution in [3.63, 3.8) is 0 Å². The van der Waals surface area contributed by atoms with Crippen molar-refractivity contribution in [2.75, 3.05) is 7.05 Å². The van der Waals surface area contributed by atoms with Crippen molar-refractivity contribution in [2.24, 2.45) is 0 Å². The quantitative estimate of drug-likeness (QED) is 0.492. The van der Waals surface area contributed by atoms with Gasteiger partial charge in [-0.15, -0.1) is 0 Å². The SMILES string of the molecule is CNCc1ccc(-c2c(Cl)cc(Cl)c(Cl)c2Cl)c(Cl)c1. The summed E-state index contributed by atoms with van der Waals surface area (Å²) < 4.78 is 0. The highest BCUT2D eigenvalue weighted by molar-refractivity contribution is 6.51. The molecule has 0 spiro atoms. The molecule has 1 N–H and O–H groups in total. The van der Waals surface area contributed by atoms with Gasteiger partial charge in [0, 0.05) is 22.7 Å². The number of benzene rings is 2. The van der Waals surface area contributed by atoms with E-state index in [4.69, 9.17) is 58.0 Å². The summed E-state index contributed by atoms with van der Waals surface area (Å²) >= 11 is 30.8. The molecular formula is C14H10Cl5N. The van der Waals surface area contributed by atoms with Crippen molar-refractivity contribution >= 4 is 58.0 Å². The normalized spacial score (nSPS) is 10.9. The van der Waals surface area contributed by atoms with Crippen LogP contribution in [0.5, 0.6) is 0 Å². The Kier molecular flexibility index (Phi) is 5.47. The first-order chi connectivity index (χ1) is 9.45. The van der Waals surface area contributed by atoms with Gasteiger partial charge in [0.05, 0.1) is 20.1 Å². The van der Waals surface area contributed by atoms with E-state index in [2.05, 4.69) is 5.32 Å². The Morgan fingerprint density at radius 3 is 2.15 bits per heavy atom. The number of halogens is 5. The molecule has 6 heteroatoms. The molecule has 20 heavy (non-hydrogen) atoms. The van der Waals surface area contributed by atoms with E-state index in [-0.39, 0.29) is 5.02 Å². The number of rotatable bonds is 3. The Morgan fingerprint density at radius 1 is 0.850 bits per heavy atom. The van der Waals surface area contributed by atoms with E-state index in [0.717, 1.165) is 17.7 Å². The van der Waals surface area contributed by atoms with Crippen molar-refractivity contribution < 1.29 is 0 Å². The van der Waals surface area contributed by atoms with E-state index < -0.39 is 0 Å². The van der Waals surface area contributed by atoms with Crippen LogP contribution in [0.1, 0.15) is 5.56 Å². The fraction of sp³-hybridized carbons (Fsp3) is 0.143.